The van der Waals surface area contributed by atoms with Gasteiger partial charge in [-0.2, -0.15) is 0 Å². The predicted octanol–water partition coefficient (Wildman–Crippen LogP) is 1.31. The number of carboxylic acids is 1. The van der Waals surface area contributed by atoms with Crippen molar-refractivity contribution in [2.24, 2.45) is 17.8 Å². The van der Waals surface area contributed by atoms with Crippen LogP contribution in [0.5, 0.6) is 0 Å². The van der Waals surface area contributed by atoms with Crippen molar-refractivity contribution in [3.8, 4) is 0 Å². The zero-order valence-electron chi connectivity index (χ0n) is 14.1. The topological polar surface area (TPSA) is 95.9 Å². The van der Waals surface area contributed by atoms with Gasteiger partial charge < -0.3 is 20.3 Å². The van der Waals surface area contributed by atoms with Crippen LogP contribution >= 0.6 is 0 Å². The Morgan fingerprint density at radius 3 is 2.22 bits per heavy atom. The fraction of sp³-hybridized carbons (Fsp3) is 0.882. The van der Waals surface area contributed by atoms with Crippen molar-refractivity contribution in [3.63, 3.8) is 0 Å². The van der Waals surface area contributed by atoms with Gasteiger partial charge in [0.1, 0.15) is 11.5 Å². The largest absolute Gasteiger partial charge is 0.480 e. The molecule has 0 aromatic heterocycles. The Morgan fingerprint density at radius 1 is 1.17 bits per heavy atom. The molecule has 4 fully saturated rings. The van der Waals surface area contributed by atoms with E-state index in [1.165, 1.54) is 0 Å². The molecule has 4 aliphatic carbocycles. The van der Waals surface area contributed by atoms with Gasteiger partial charge in [-0.15, -0.1) is 0 Å². The number of hydrogen-bond donors (Lipinski definition) is 3. The van der Waals surface area contributed by atoms with E-state index in [2.05, 4.69) is 5.32 Å². The number of nitrogens with one attached hydrogen (secondary N) is 1. The van der Waals surface area contributed by atoms with Crippen molar-refractivity contribution < 1.29 is 24.5 Å². The predicted molar refractivity (Wildman–Crippen MR) is 82.7 cm³/mol. The lowest BCUT2D eigenvalue weighted by atomic mass is 9.46. The first-order chi connectivity index (χ1) is 10.5. The molecule has 4 aliphatic rings. The van der Waals surface area contributed by atoms with Crippen LogP contribution in [0, 0.1) is 17.8 Å². The van der Waals surface area contributed by atoms with Gasteiger partial charge in [0.25, 0.3) is 0 Å². The highest BCUT2D eigenvalue weighted by Gasteiger charge is 2.66. The zero-order valence-corrected chi connectivity index (χ0v) is 14.1. The molecule has 0 aromatic carbocycles. The smallest absolute Gasteiger partial charge is 0.317 e. The van der Waals surface area contributed by atoms with Gasteiger partial charge in [-0.1, -0.05) is 0 Å². The van der Waals surface area contributed by atoms with Crippen LogP contribution in [-0.4, -0.2) is 45.4 Å². The number of carbonyl (C=O) groups excluding carboxylic acids is 1. The highest BCUT2D eigenvalue weighted by molar-refractivity contribution is 5.77. The highest BCUT2D eigenvalue weighted by atomic mass is 16.6. The second kappa shape index (κ2) is 5.18. The molecular formula is C17H27NO5. The van der Waals surface area contributed by atoms with E-state index in [4.69, 9.17) is 9.84 Å². The molecule has 23 heavy (non-hydrogen) atoms. The Bertz CT molecular complexity index is 510. The maximum atomic E-state index is 12.8. The van der Waals surface area contributed by atoms with Crippen LogP contribution in [0.3, 0.4) is 0 Å². The highest BCUT2D eigenvalue weighted by Crippen LogP contribution is 2.60. The third kappa shape index (κ3) is 2.98. The average Bonchev–Trinajstić information content (AvgIpc) is 2.31. The molecule has 4 bridgehead atoms. The molecule has 0 aromatic rings. The first-order valence-electron chi connectivity index (χ1n) is 8.45. The van der Waals surface area contributed by atoms with Crippen molar-refractivity contribution in [2.75, 3.05) is 6.54 Å². The van der Waals surface area contributed by atoms with Gasteiger partial charge in [0, 0.05) is 5.54 Å². The number of esters is 1. The van der Waals surface area contributed by atoms with E-state index in [0.717, 1.165) is 19.3 Å². The van der Waals surface area contributed by atoms with E-state index < -0.39 is 34.6 Å². The molecule has 3 atom stereocenters. The van der Waals surface area contributed by atoms with Crippen molar-refractivity contribution in [2.45, 2.75) is 69.6 Å². The maximum Gasteiger partial charge on any atom is 0.317 e. The van der Waals surface area contributed by atoms with Crippen LogP contribution in [0.1, 0.15) is 52.9 Å². The zero-order chi connectivity index (χ0) is 17.0. The van der Waals surface area contributed by atoms with Gasteiger partial charge in [0.15, 0.2) is 0 Å². The third-order valence-corrected chi connectivity index (χ3v) is 5.58. The van der Waals surface area contributed by atoms with Crippen LogP contribution in [0.4, 0.5) is 0 Å². The number of carbonyl (C=O) groups is 2. The summed E-state index contributed by atoms with van der Waals surface area (Å²) in [5, 5.41) is 23.3. The molecular weight excluding hydrogens is 298 g/mol. The van der Waals surface area contributed by atoms with Gasteiger partial charge >= 0.3 is 11.9 Å². The summed E-state index contributed by atoms with van der Waals surface area (Å²) in [4.78, 5) is 23.9. The summed E-state index contributed by atoms with van der Waals surface area (Å²) in [6.07, 6.45) is 3.78. The number of hydrogen-bond acceptors (Lipinski definition) is 5. The molecule has 4 saturated carbocycles. The summed E-state index contributed by atoms with van der Waals surface area (Å²) >= 11 is 0. The number of carboxylic acid groups (broad SMARTS) is 1. The van der Waals surface area contributed by atoms with Crippen molar-refractivity contribution in [1.82, 2.24) is 5.32 Å². The van der Waals surface area contributed by atoms with Crippen LogP contribution in [0.15, 0.2) is 0 Å². The lowest BCUT2D eigenvalue weighted by Crippen LogP contribution is -2.73. The molecule has 0 amide bonds. The molecule has 130 valence electrons. The Balaban J connectivity index is 1.92. The van der Waals surface area contributed by atoms with E-state index in [-0.39, 0.29) is 6.54 Å². The second-order valence-electron chi connectivity index (χ2n) is 8.76. The third-order valence-electron chi connectivity index (χ3n) is 5.58. The van der Waals surface area contributed by atoms with E-state index >= 15 is 0 Å². The monoisotopic (exact) mass is 325 g/mol. The average molecular weight is 325 g/mol. The van der Waals surface area contributed by atoms with Gasteiger partial charge in [0.05, 0.1) is 12.1 Å². The normalized spacial score (nSPS) is 41.8. The first-order valence-corrected chi connectivity index (χ1v) is 8.45. The number of aliphatic hydroxyl groups is 1. The van der Waals surface area contributed by atoms with Gasteiger partial charge in [-0.25, -0.2) is 0 Å². The summed E-state index contributed by atoms with van der Waals surface area (Å²) in [7, 11) is 0. The number of aliphatic carboxylic acids is 1. The summed E-state index contributed by atoms with van der Waals surface area (Å²) in [6.45, 7) is 5.22. The first kappa shape index (κ1) is 16.7. The lowest BCUT2D eigenvalue weighted by Gasteiger charge is -2.63. The molecule has 3 N–H and O–H groups in total. The van der Waals surface area contributed by atoms with Crippen LogP contribution in [0.25, 0.3) is 0 Å². The van der Waals surface area contributed by atoms with E-state index in [1.54, 1.807) is 0 Å². The van der Waals surface area contributed by atoms with E-state index in [1.807, 2.05) is 20.8 Å². The minimum absolute atomic E-state index is 0.200. The van der Waals surface area contributed by atoms with Crippen molar-refractivity contribution in [3.05, 3.63) is 0 Å². The summed E-state index contributed by atoms with van der Waals surface area (Å²) < 4.78 is 5.57. The number of ether oxygens (including phenoxy) is 1. The van der Waals surface area contributed by atoms with Gasteiger partial charge in [-0.3, -0.25) is 9.59 Å². The quantitative estimate of drug-likeness (QED) is 0.675. The summed E-state index contributed by atoms with van der Waals surface area (Å²) in [5.41, 5.74) is -2.35. The van der Waals surface area contributed by atoms with E-state index in [9.17, 15) is 14.7 Å². The second-order valence-corrected chi connectivity index (χ2v) is 8.76. The Kier molecular flexibility index (Phi) is 3.76. The molecule has 0 unspecified atom stereocenters. The minimum Gasteiger partial charge on any atom is -0.480 e. The fourth-order valence-electron chi connectivity index (χ4n) is 5.44. The molecule has 6 heteroatoms. The maximum absolute atomic E-state index is 12.8. The Hall–Kier alpha value is -1.14. The Morgan fingerprint density at radius 2 is 1.74 bits per heavy atom. The van der Waals surface area contributed by atoms with Gasteiger partial charge in [-0.05, 0) is 64.7 Å². The molecule has 0 saturated heterocycles. The van der Waals surface area contributed by atoms with Crippen LogP contribution < -0.4 is 5.32 Å². The van der Waals surface area contributed by atoms with Crippen molar-refractivity contribution in [1.29, 1.82) is 0 Å². The lowest BCUT2D eigenvalue weighted by molar-refractivity contribution is -0.215. The molecule has 4 rings (SSSR count). The van der Waals surface area contributed by atoms with Gasteiger partial charge in [0.2, 0.25) is 0 Å². The molecule has 0 radical (unpaired) electrons. The molecule has 0 aliphatic heterocycles. The fourth-order valence-corrected chi connectivity index (χ4v) is 5.44. The summed E-state index contributed by atoms with van der Waals surface area (Å²) in [5.74, 6) is -1.34. The standard InChI is InChI=1S/C17H27NO5/c1-15(2,3)23-14(21)13-16(18-9-12(19)20)5-10-4-11(6-16)8-17(13,22)7-10/h10-11,13,18,22H,4-9H2,1-3H3,(H,19,20)/t10-,11-,13-,16?,17?/m0/s1. The molecule has 6 nitrogen and oxygen atoms in total. The molecule has 0 spiro atoms. The minimum atomic E-state index is -1.07. The Labute approximate surface area is 136 Å². The van der Waals surface area contributed by atoms with Crippen molar-refractivity contribution >= 4 is 11.9 Å². The molecule has 0 heterocycles. The van der Waals surface area contributed by atoms with Crippen LogP contribution in [0.2, 0.25) is 0 Å². The SMILES string of the molecule is CC(C)(C)OC(=O)[C@@H]1C2(O)C[C@H]3C[C@H](C2)CC1(NCC(=O)O)C3. The summed E-state index contributed by atoms with van der Waals surface area (Å²) in [6, 6.07) is 0. The number of rotatable bonds is 4. The van der Waals surface area contributed by atoms with Crippen LogP contribution in [-0.2, 0) is 14.3 Å². The van der Waals surface area contributed by atoms with E-state index in [0.29, 0.717) is 24.7 Å².